The van der Waals surface area contributed by atoms with Gasteiger partial charge in [0.2, 0.25) is 17.7 Å². The van der Waals surface area contributed by atoms with Crippen LogP contribution in [-0.2, 0) is 32.0 Å². The third-order valence-electron chi connectivity index (χ3n) is 7.24. The molecular weight excluding hydrogens is 590 g/mol. The molecule has 0 aliphatic carbocycles. The van der Waals surface area contributed by atoms with Crippen molar-refractivity contribution in [1.29, 1.82) is 5.41 Å². The average Bonchev–Trinajstić information content (AvgIpc) is 3.61. The number of guanidine groups is 1. The summed E-state index contributed by atoms with van der Waals surface area (Å²) < 4.78 is 5.55. The summed E-state index contributed by atoms with van der Waals surface area (Å²) in [5, 5.41) is 43.9. The van der Waals surface area contributed by atoms with Gasteiger partial charge in [-0.3, -0.25) is 19.8 Å². The molecule has 2 heterocycles. The second-order valence-corrected chi connectivity index (χ2v) is 11.0. The van der Waals surface area contributed by atoms with Gasteiger partial charge in [-0.15, -0.1) is 0 Å². The number of furan rings is 1. The molecule has 4 atom stereocenters. The SMILES string of the molecule is CCCc1oc(CC(NC(=O)CCCCCNC(=O)C(CC2=CCN(C(=N)N)C2)NC(=O)C(N)C(C)O)C(=O)O)cc1C(=O)O. The van der Waals surface area contributed by atoms with E-state index in [9.17, 15) is 39.3 Å². The predicted octanol–water partition coefficient (Wildman–Crippen LogP) is -0.563. The maximum Gasteiger partial charge on any atom is 0.339 e. The number of hydrogen-bond donors (Lipinski definition) is 9. The Bertz CT molecular complexity index is 1260. The van der Waals surface area contributed by atoms with E-state index in [1.165, 1.54) is 13.0 Å². The molecule has 4 unspecified atom stereocenters. The van der Waals surface area contributed by atoms with Crippen molar-refractivity contribution < 1.29 is 43.7 Å². The Balaban J connectivity index is 1.82. The maximum atomic E-state index is 12.9. The van der Waals surface area contributed by atoms with E-state index in [0.717, 1.165) is 5.57 Å². The fourth-order valence-corrected chi connectivity index (χ4v) is 4.67. The third kappa shape index (κ3) is 11.9. The van der Waals surface area contributed by atoms with Gasteiger partial charge in [0.1, 0.15) is 35.2 Å². The van der Waals surface area contributed by atoms with E-state index >= 15 is 0 Å². The summed E-state index contributed by atoms with van der Waals surface area (Å²) in [6.07, 6.45) is 3.17. The Morgan fingerprint density at radius 3 is 2.36 bits per heavy atom. The second-order valence-electron chi connectivity index (χ2n) is 11.0. The van der Waals surface area contributed by atoms with Crippen molar-refractivity contribution in [1.82, 2.24) is 20.9 Å². The van der Waals surface area contributed by atoms with Crippen LogP contribution < -0.4 is 27.4 Å². The summed E-state index contributed by atoms with van der Waals surface area (Å²) >= 11 is 0. The Morgan fingerprint density at radius 1 is 1.07 bits per heavy atom. The molecule has 0 spiro atoms. The molecule has 16 nitrogen and oxygen atoms in total. The molecule has 0 saturated heterocycles. The van der Waals surface area contributed by atoms with Crippen LogP contribution in [0.2, 0.25) is 0 Å². The molecule has 1 aliphatic rings. The molecule has 2 rings (SSSR count). The Hall–Kier alpha value is -4.44. The summed E-state index contributed by atoms with van der Waals surface area (Å²) in [7, 11) is 0. The van der Waals surface area contributed by atoms with Crippen LogP contribution in [-0.4, -0.2) is 99.7 Å². The topological polar surface area (TPSA) is 274 Å². The lowest BCUT2D eigenvalue weighted by molar-refractivity contribution is -0.141. The molecule has 0 saturated carbocycles. The highest BCUT2D eigenvalue weighted by molar-refractivity contribution is 5.90. The minimum atomic E-state index is -1.30. The second kappa shape index (κ2) is 17.8. The highest BCUT2D eigenvalue weighted by Gasteiger charge is 2.28. The van der Waals surface area contributed by atoms with E-state index in [0.29, 0.717) is 45.2 Å². The quantitative estimate of drug-likeness (QED) is 0.0400. The number of carbonyl (C=O) groups excluding carboxylic acids is 3. The van der Waals surface area contributed by atoms with Crippen molar-refractivity contribution in [3.8, 4) is 0 Å². The molecule has 11 N–H and O–H groups in total. The van der Waals surface area contributed by atoms with Gasteiger partial charge in [-0.1, -0.05) is 25.0 Å². The zero-order chi connectivity index (χ0) is 33.7. The van der Waals surface area contributed by atoms with Crippen LogP contribution in [0.5, 0.6) is 0 Å². The number of hydrogen-bond acceptors (Lipinski definition) is 9. The number of rotatable bonds is 19. The first-order valence-electron chi connectivity index (χ1n) is 14.9. The summed E-state index contributed by atoms with van der Waals surface area (Å²) in [6, 6.07) is -2.21. The van der Waals surface area contributed by atoms with E-state index in [2.05, 4.69) is 16.0 Å². The zero-order valence-electron chi connectivity index (χ0n) is 25.6. The fourth-order valence-electron chi connectivity index (χ4n) is 4.67. The van der Waals surface area contributed by atoms with Crippen LogP contribution >= 0.6 is 0 Å². The van der Waals surface area contributed by atoms with E-state index in [1.54, 1.807) is 4.90 Å². The van der Waals surface area contributed by atoms with Gasteiger partial charge in [-0.2, -0.15) is 0 Å². The Labute approximate surface area is 261 Å². The molecular formula is C29H45N7O9. The fraction of sp³-hybridized carbons (Fsp3) is 0.586. The molecule has 0 aromatic carbocycles. The highest BCUT2D eigenvalue weighted by atomic mass is 16.4. The minimum Gasteiger partial charge on any atom is -0.480 e. The number of aliphatic hydroxyl groups is 1. The summed E-state index contributed by atoms with van der Waals surface area (Å²) in [4.78, 5) is 62.6. The van der Waals surface area contributed by atoms with Crippen LogP contribution in [0.3, 0.4) is 0 Å². The Morgan fingerprint density at radius 2 is 1.78 bits per heavy atom. The van der Waals surface area contributed by atoms with Crippen molar-refractivity contribution in [3.63, 3.8) is 0 Å². The first-order chi connectivity index (χ1) is 21.2. The lowest BCUT2D eigenvalue weighted by Crippen LogP contribution is -2.54. The zero-order valence-corrected chi connectivity index (χ0v) is 25.6. The molecule has 16 heteroatoms. The van der Waals surface area contributed by atoms with Gasteiger partial charge >= 0.3 is 11.9 Å². The van der Waals surface area contributed by atoms with Crippen molar-refractivity contribution in [2.75, 3.05) is 19.6 Å². The highest BCUT2D eigenvalue weighted by Crippen LogP contribution is 2.19. The number of unbranched alkanes of at least 4 members (excludes halogenated alkanes) is 2. The van der Waals surface area contributed by atoms with Crippen molar-refractivity contribution >= 4 is 35.6 Å². The average molecular weight is 636 g/mol. The van der Waals surface area contributed by atoms with Crippen LogP contribution in [0, 0.1) is 5.41 Å². The van der Waals surface area contributed by atoms with Gasteiger partial charge in [0.05, 0.1) is 6.10 Å². The van der Waals surface area contributed by atoms with E-state index in [-0.39, 0.29) is 48.9 Å². The number of aromatic carboxylic acids is 1. The normalized spacial score (nSPS) is 15.4. The number of nitrogens with two attached hydrogens (primary N) is 2. The number of carbonyl (C=O) groups is 5. The Kier molecular flexibility index (Phi) is 14.5. The van der Waals surface area contributed by atoms with Crippen LogP contribution in [0.25, 0.3) is 0 Å². The number of aliphatic carboxylic acids is 1. The third-order valence-corrected chi connectivity index (χ3v) is 7.24. The minimum absolute atomic E-state index is 0.0262. The summed E-state index contributed by atoms with van der Waals surface area (Å²) in [6.45, 7) is 4.22. The summed E-state index contributed by atoms with van der Waals surface area (Å²) in [5.74, 6) is -3.79. The molecule has 1 aromatic rings. The number of amides is 3. The molecule has 1 aromatic heterocycles. The van der Waals surface area contributed by atoms with Crippen molar-refractivity contribution in [2.24, 2.45) is 11.5 Å². The van der Waals surface area contributed by atoms with Crippen LogP contribution in [0.1, 0.15) is 74.3 Å². The molecule has 45 heavy (non-hydrogen) atoms. The lowest BCUT2D eigenvalue weighted by atomic mass is 10.0. The van der Waals surface area contributed by atoms with Crippen molar-refractivity contribution in [3.05, 3.63) is 34.8 Å². The molecule has 1 aliphatic heterocycles. The van der Waals surface area contributed by atoms with Crippen LogP contribution in [0.15, 0.2) is 22.1 Å². The van der Waals surface area contributed by atoms with E-state index in [4.69, 9.17) is 21.3 Å². The van der Waals surface area contributed by atoms with Crippen molar-refractivity contribution in [2.45, 2.75) is 89.4 Å². The predicted molar refractivity (Wildman–Crippen MR) is 162 cm³/mol. The van der Waals surface area contributed by atoms with Crippen LogP contribution in [0.4, 0.5) is 0 Å². The van der Waals surface area contributed by atoms with Gasteiger partial charge in [0, 0.05) is 38.9 Å². The number of nitrogens with one attached hydrogen (secondary N) is 4. The monoisotopic (exact) mass is 635 g/mol. The molecule has 0 radical (unpaired) electrons. The van der Waals surface area contributed by atoms with Gasteiger partial charge in [-0.05, 0) is 38.7 Å². The maximum absolute atomic E-state index is 12.9. The van der Waals surface area contributed by atoms with Gasteiger partial charge in [-0.25, -0.2) is 9.59 Å². The number of aliphatic hydroxyl groups excluding tert-OH is 1. The lowest BCUT2D eigenvalue weighted by Gasteiger charge is -2.23. The van der Waals surface area contributed by atoms with E-state index in [1.807, 2.05) is 13.0 Å². The number of carboxylic acids is 2. The number of carboxylic acid groups (broad SMARTS) is 2. The molecule has 0 fully saturated rings. The van der Waals surface area contributed by atoms with Gasteiger partial charge in [0.25, 0.3) is 0 Å². The first-order valence-corrected chi connectivity index (χ1v) is 14.9. The van der Waals surface area contributed by atoms with E-state index < -0.39 is 53.9 Å². The number of aryl methyl sites for hydroxylation is 1. The van der Waals surface area contributed by atoms with Gasteiger partial charge < -0.3 is 52.1 Å². The largest absolute Gasteiger partial charge is 0.480 e. The molecule has 250 valence electrons. The standard InChI is InChI=1S/C29H45N7O9/c1-3-7-22-19(27(41)42)13-18(45-22)14-21(28(43)44)34-23(38)8-5-4-6-10-33-25(39)20(35-26(40)24(30)16(2)37)12-17-9-11-36(15-17)29(31)32/h9,13,16,20-21,24,37H,3-8,10-12,14-15,30H2,1-2H3,(H3,31,32)(H,33,39)(H,34,38)(H,35,40)(H,41,42)(H,43,44). The molecule has 0 bridgehead atoms. The smallest absolute Gasteiger partial charge is 0.339 e. The molecule has 3 amide bonds. The summed E-state index contributed by atoms with van der Waals surface area (Å²) in [5.41, 5.74) is 12.0. The number of nitrogens with zero attached hydrogens (tertiary/aromatic N) is 1. The first kappa shape index (κ1) is 36.8. The van der Waals surface area contributed by atoms with Gasteiger partial charge in [0.15, 0.2) is 5.96 Å².